The van der Waals surface area contributed by atoms with Crippen molar-refractivity contribution in [1.29, 1.82) is 0 Å². The molecule has 3 aromatic carbocycles. The Kier molecular flexibility index (Phi) is 14.4. The number of aliphatic hydroxyl groups is 1. The number of rotatable bonds is 15. The van der Waals surface area contributed by atoms with Gasteiger partial charge in [0.2, 0.25) is 29.3 Å². The van der Waals surface area contributed by atoms with Crippen LogP contribution in [0, 0.1) is 47.0 Å². The van der Waals surface area contributed by atoms with E-state index in [1.54, 1.807) is 80.1 Å². The molecule has 2 saturated carbocycles. The fraction of sp³-hybridized carbons (Fsp3) is 0.482. The van der Waals surface area contributed by atoms with Crippen LogP contribution >= 0.6 is 22.9 Å². The topological polar surface area (TPSA) is 175 Å². The second-order valence-electron chi connectivity index (χ2n) is 21.6. The minimum absolute atomic E-state index is 0.0355. The maximum absolute atomic E-state index is 14.3. The van der Waals surface area contributed by atoms with Crippen LogP contribution in [0.5, 0.6) is 5.75 Å². The Hall–Kier alpha value is -6.26. The number of thiazole rings is 1. The number of aryl methyl sites for hydroxylation is 1. The third-order valence-corrected chi connectivity index (χ3v) is 15.6. The summed E-state index contributed by atoms with van der Waals surface area (Å²) in [5.74, 6) is 3.93. The van der Waals surface area contributed by atoms with Crippen LogP contribution in [-0.2, 0) is 19.2 Å². The van der Waals surface area contributed by atoms with E-state index in [2.05, 4.69) is 37.6 Å². The zero-order valence-electron chi connectivity index (χ0n) is 45.3. The van der Waals surface area contributed by atoms with Gasteiger partial charge in [0, 0.05) is 65.0 Å². The molecule has 2 aliphatic carbocycles. The van der Waals surface area contributed by atoms with Crippen molar-refractivity contribution in [3.63, 3.8) is 0 Å². The molecule has 1 saturated heterocycles. The van der Waals surface area contributed by atoms with Crippen LogP contribution in [0.4, 0.5) is 5.69 Å². The number of aromatic nitrogens is 1. The highest BCUT2D eigenvalue weighted by atomic mass is 35.5. The van der Waals surface area contributed by atoms with Gasteiger partial charge in [-0.15, -0.1) is 11.3 Å². The van der Waals surface area contributed by atoms with E-state index in [-0.39, 0.29) is 35.8 Å². The largest absolute Gasteiger partial charge is 0.489 e. The van der Waals surface area contributed by atoms with Gasteiger partial charge >= 0.3 is 0 Å². The summed E-state index contributed by atoms with van der Waals surface area (Å²) in [4.78, 5) is 80.8. The third-order valence-electron chi connectivity index (χ3n) is 14.3. The molecule has 2 heterocycles. The quantitative estimate of drug-likeness (QED) is 0.0396. The van der Waals surface area contributed by atoms with Crippen LogP contribution in [0.1, 0.15) is 125 Å². The second kappa shape index (κ2) is 21.1. The van der Waals surface area contributed by atoms with Crippen molar-refractivity contribution in [2.24, 2.45) is 21.7 Å². The number of halogens is 1. The molecule has 3 fully saturated rings. The Morgan fingerprint density at radius 3 is 2.29 bits per heavy atom. The predicted molar refractivity (Wildman–Crippen MR) is 279 cm³/mol. The highest BCUT2D eigenvalue weighted by Gasteiger charge is 2.66. The Labute approximate surface area is 436 Å². The first-order valence-electron chi connectivity index (χ1n) is 25.8. The Morgan fingerprint density at radius 1 is 1.03 bits per heavy atom. The van der Waals surface area contributed by atoms with Crippen molar-refractivity contribution in [1.82, 2.24) is 30.7 Å². The SMILES string of the molecule is [2H]C([2H])([2H])N(C(=O)c1ccc(C#CCCCNC(=O)C2(C(=O)N[C@H](C(=O)N3C[C@H](O)C[C@H]3C(=O)N[C@@H](C)c3ccc(-c4scnc4C)cc3)C(C)(C)C)CC2)cc1)C1C(C)(C)C(Oc2ccc([N+]#[C-])c(Cl)c2)C1(C)C. The van der Waals surface area contributed by atoms with E-state index in [0.29, 0.717) is 37.0 Å². The molecule has 0 bridgehead atoms. The summed E-state index contributed by atoms with van der Waals surface area (Å²) in [6.45, 7) is 21.3. The summed E-state index contributed by atoms with van der Waals surface area (Å²) in [6.07, 6.45) is 0.0665. The summed E-state index contributed by atoms with van der Waals surface area (Å²) in [7, 11) is 0. The molecule has 0 unspecified atom stereocenters. The molecule has 0 spiro atoms. The monoisotopic (exact) mass is 1020 g/mol. The minimum Gasteiger partial charge on any atom is -0.489 e. The van der Waals surface area contributed by atoms with Gasteiger partial charge in [0.25, 0.3) is 5.91 Å². The molecule has 3 aliphatic rings. The van der Waals surface area contributed by atoms with Crippen LogP contribution < -0.4 is 20.7 Å². The van der Waals surface area contributed by atoms with Crippen LogP contribution in [-0.4, -0.2) is 99.8 Å². The van der Waals surface area contributed by atoms with Crippen molar-refractivity contribution >= 4 is 58.2 Å². The average molecular weight is 1020 g/mol. The molecule has 4 aromatic rings. The first-order chi connectivity index (χ1) is 35.1. The lowest BCUT2D eigenvalue weighted by atomic mass is 9.49. The molecular weight excluding hydrogens is 950 g/mol. The summed E-state index contributed by atoms with van der Waals surface area (Å²) < 4.78 is 31.7. The predicted octanol–water partition coefficient (Wildman–Crippen LogP) is 8.68. The van der Waals surface area contributed by atoms with Crippen LogP contribution in [0.2, 0.25) is 5.02 Å². The van der Waals surface area contributed by atoms with Gasteiger partial charge in [0.1, 0.15) is 29.4 Å². The number of β-amino-alcohol motifs (C(OH)–C–C–N with tert-alkyl or cyclic N) is 1. The second-order valence-corrected chi connectivity index (χ2v) is 22.8. The first-order valence-corrected chi connectivity index (χ1v) is 25.5. The Morgan fingerprint density at radius 2 is 1.71 bits per heavy atom. The molecule has 4 atom stereocenters. The van der Waals surface area contributed by atoms with Gasteiger partial charge in [0.15, 0.2) is 0 Å². The van der Waals surface area contributed by atoms with Crippen molar-refractivity contribution in [2.75, 3.05) is 20.1 Å². The van der Waals surface area contributed by atoms with E-state index in [9.17, 15) is 29.1 Å². The highest BCUT2D eigenvalue weighted by Crippen LogP contribution is 2.58. The van der Waals surface area contributed by atoms with Gasteiger partial charge in [-0.05, 0) is 86.1 Å². The fourth-order valence-electron chi connectivity index (χ4n) is 10.5. The van der Waals surface area contributed by atoms with Gasteiger partial charge in [-0.3, -0.25) is 24.0 Å². The number of likely N-dealkylation sites (tertiary alicyclic amines) is 1. The van der Waals surface area contributed by atoms with E-state index < -0.39 is 94.5 Å². The normalized spacial score (nSPS) is 21.9. The van der Waals surface area contributed by atoms with Crippen LogP contribution in [0.3, 0.4) is 0 Å². The summed E-state index contributed by atoms with van der Waals surface area (Å²) in [6, 6.07) is 15.8. The molecule has 4 N–H and O–H groups in total. The number of nitrogens with zero attached hydrogens (tertiary/aromatic N) is 4. The van der Waals surface area contributed by atoms with E-state index in [1.165, 1.54) is 4.90 Å². The zero-order chi connectivity index (χ0) is 55.0. The molecule has 72 heavy (non-hydrogen) atoms. The minimum atomic E-state index is -2.77. The average Bonchev–Trinajstić information content (AvgIpc) is 3.91. The number of nitrogens with one attached hydrogen (secondary N) is 3. The fourth-order valence-corrected chi connectivity index (χ4v) is 11.5. The van der Waals surface area contributed by atoms with Crippen LogP contribution in [0.15, 0.2) is 72.2 Å². The number of hydrogen-bond donors (Lipinski definition) is 4. The smallest absolute Gasteiger partial charge is 0.253 e. The number of carbonyl (C=O) groups is 5. The molecular formula is C56H66ClN7O7S. The number of unbranched alkanes of at least 4 members (excludes halogenated alkanes) is 1. The van der Waals surface area contributed by atoms with Gasteiger partial charge in [-0.2, -0.15) is 0 Å². The number of hydrogen-bond acceptors (Lipinski definition) is 9. The van der Waals surface area contributed by atoms with E-state index in [4.69, 9.17) is 27.0 Å². The van der Waals surface area contributed by atoms with Gasteiger partial charge < -0.3 is 35.6 Å². The Bertz CT molecular complexity index is 2920. The van der Waals surface area contributed by atoms with Gasteiger partial charge in [0.05, 0.1) is 39.8 Å². The molecule has 1 aliphatic heterocycles. The van der Waals surface area contributed by atoms with Crippen LogP contribution in [0.25, 0.3) is 15.3 Å². The van der Waals surface area contributed by atoms with E-state index in [0.717, 1.165) is 26.6 Å². The van der Waals surface area contributed by atoms with E-state index in [1.807, 2.05) is 65.8 Å². The lowest BCUT2D eigenvalue weighted by Gasteiger charge is -2.65. The number of carbonyl (C=O) groups excluding carboxylic acids is 5. The van der Waals surface area contributed by atoms with Crippen molar-refractivity contribution < 1.29 is 37.9 Å². The van der Waals surface area contributed by atoms with Gasteiger partial charge in [-0.1, -0.05) is 102 Å². The lowest BCUT2D eigenvalue weighted by Crippen LogP contribution is -2.74. The summed E-state index contributed by atoms with van der Waals surface area (Å²) >= 11 is 7.82. The zero-order valence-corrected chi connectivity index (χ0v) is 43.9. The molecule has 14 nitrogen and oxygen atoms in total. The Balaban J connectivity index is 0.904. The van der Waals surface area contributed by atoms with Crippen molar-refractivity contribution in [3.05, 3.63) is 111 Å². The molecule has 1 aromatic heterocycles. The third kappa shape index (κ3) is 11.0. The molecule has 16 heteroatoms. The summed E-state index contributed by atoms with van der Waals surface area (Å²) in [5.41, 5.74) is 1.93. The number of benzene rings is 3. The van der Waals surface area contributed by atoms with E-state index >= 15 is 0 Å². The molecule has 5 amide bonds. The number of aliphatic hydroxyl groups excluding tert-OH is 1. The number of ether oxygens (including phenoxy) is 1. The maximum atomic E-state index is 14.3. The van der Waals surface area contributed by atoms with Crippen molar-refractivity contribution in [2.45, 2.75) is 131 Å². The molecule has 7 rings (SSSR count). The standard InChI is InChI=1S/C56H66ClN7O7S/c1-33(36-20-22-37(23-21-36)44-34(2)60-32-72-44)61-46(66)43-29-39(65)31-64(43)48(68)45(53(3,4)5)62-52(70)56(26-27-56)51(69)59-28-14-12-13-15-35-16-18-38(19-17-35)47(67)63(11)49-54(6,7)50(55(49,8)9)71-40-24-25-42(58-10)41(57)30-40/h16-25,30,32-33,39,43,45,49-50,65H,12,14,26-29,31H2,1-9,11H3,(H,59,69)(H,61,66)(H,62,70)/t33-,39+,43-,45+,49?,50?/m0/s1/i11D3. The van der Waals surface area contributed by atoms with Crippen molar-refractivity contribution in [3.8, 4) is 28.0 Å². The lowest BCUT2D eigenvalue weighted by molar-refractivity contribution is -0.195. The van der Waals surface area contributed by atoms with Gasteiger partial charge in [-0.25, -0.2) is 9.83 Å². The molecule has 380 valence electrons. The highest BCUT2D eigenvalue weighted by molar-refractivity contribution is 7.13. The maximum Gasteiger partial charge on any atom is 0.253 e. The summed E-state index contributed by atoms with van der Waals surface area (Å²) in [5, 5.41) is 19.7. The molecule has 0 radical (unpaired) electrons. The number of amides is 5. The first kappa shape index (κ1) is 49.3.